The van der Waals surface area contributed by atoms with Gasteiger partial charge in [-0.2, -0.15) is 10.4 Å². The molecule has 4 aromatic rings. The van der Waals surface area contributed by atoms with E-state index in [2.05, 4.69) is 36.5 Å². The fourth-order valence-electron chi connectivity index (χ4n) is 2.79. The molecular formula is C19H15N7O. The van der Waals surface area contributed by atoms with Crippen molar-refractivity contribution in [2.24, 2.45) is 0 Å². The summed E-state index contributed by atoms with van der Waals surface area (Å²) in [6, 6.07) is 7.57. The summed E-state index contributed by atoms with van der Waals surface area (Å²) in [6.45, 7) is 3.69. The number of hydrogen-bond acceptors (Lipinski definition) is 5. The Labute approximate surface area is 154 Å². The quantitative estimate of drug-likeness (QED) is 0.520. The number of aromatic nitrogens is 5. The van der Waals surface area contributed by atoms with Gasteiger partial charge in [0, 0.05) is 34.6 Å². The molecule has 8 nitrogen and oxygen atoms in total. The highest BCUT2D eigenvalue weighted by molar-refractivity contribution is 6.04. The lowest BCUT2D eigenvalue weighted by Gasteiger charge is -2.04. The van der Waals surface area contributed by atoms with Crippen LogP contribution in [0.3, 0.4) is 0 Å². The Morgan fingerprint density at radius 2 is 2.04 bits per heavy atom. The molecule has 132 valence electrons. The molecule has 4 heterocycles. The number of carbonyl (C=O) groups is 1. The molecule has 4 rings (SSSR count). The van der Waals surface area contributed by atoms with Gasteiger partial charge in [-0.25, -0.2) is 4.98 Å². The topological polar surface area (TPSA) is 123 Å². The van der Waals surface area contributed by atoms with Gasteiger partial charge in [-0.3, -0.25) is 14.9 Å². The van der Waals surface area contributed by atoms with Crippen LogP contribution in [-0.4, -0.2) is 31.1 Å². The normalized spacial score (nSPS) is 10.7. The van der Waals surface area contributed by atoms with Crippen LogP contribution in [-0.2, 0) is 0 Å². The molecule has 0 aliphatic carbocycles. The number of pyridine rings is 2. The number of anilines is 1. The third-order valence-corrected chi connectivity index (χ3v) is 4.39. The van der Waals surface area contributed by atoms with E-state index in [1.807, 2.05) is 26.0 Å². The third-order valence-electron chi connectivity index (χ3n) is 4.39. The minimum absolute atomic E-state index is 0.268. The van der Waals surface area contributed by atoms with Crippen LogP contribution in [0.2, 0.25) is 0 Å². The lowest BCUT2D eigenvalue weighted by molar-refractivity contribution is 0.102. The summed E-state index contributed by atoms with van der Waals surface area (Å²) < 4.78 is 0. The number of H-pyrrole nitrogens is 2. The molecule has 27 heavy (non-hydrogen) atoms. The molecule has 0 aliphatic heterocycles. The van der Waals surface area contributed by atoms with Gasteiger partial charge in [0.15, 0.2) is 0 Å². The van der Waals surface area contributed by atoms with Crippen molar-refractivity contribution < 1.29 is 4.79 Å². The molecule has 0 radical (unpaired) electrons. The monoisotopic (exact) mass is 357 g/mol. The van der Waals surface area contributed by atoms with Gasteiger partial charge in [-0.05, 0) is 32.0 Å². The molecule has 0 saturated carbocycles. The van der Waals surface area contributed by atoms with E-state index >= 15 is 0 Å². The van der Waals surface area contributed by atoms with Crippen LogP contribution in [0, 0.1) is 25.2 Å². The molecule has 0 aromatic carbocycles. The number of carbonyl (C=O) groups excluding carboxylic acids is 1. The average molecular weight is 357 g/mol. The molecule has 4 aromatic heterocycles. The van der Waals surface area contributed by atoms with Crippen LogP contribution in [0.1, 0.15) is 27.3 Å². The Morgan fingerprint density at radius 1 is 1.19 bits per heavy atom. The average Bonchev–Trinajstić information content (AvgIpc) is 3.25. The predicted molar refractivity (Wildman–Crippen MR) is 100 cm³/mol. The first-order valence-corrected chi connectivity index (χ1v) is 8.22. The fourth-order valence-corrected chi connectivity index (χ4v) is 2.79. The molecule has 8 heteroatoms. The highest BCUT2D eigenvalue weighted by Crippen LogP contribution is 2.25. The third kappa shape index (κ3) is 3.02. The molecule has 0 saturated heterocycles. The van der Waals surface area contributed by atoms with Gasteiger partial charge < -0.3 is 10.3 Å². The minimum atomic E-state index is -0.268. The van der Waals surface area contributed by atoms with Gasteiger partial charge >= 0.3 is 0 Å². The van der Waals surface area contributed by atoms with Gasteiger partial charge in [-0.1, -0.05) is 0 Å². The summed E-state index contributed by atoms with van der Waals surface area (Å²) in [5.74, 6) is -0.268. The number of amides is 1. The first kappa shape index (κ1) is 16.5. The van der Waals surface area contributed by atoms with Gasteiger partial charge in [-0.15, -0.1) is 0 Å². The SMILES string of the molecule is Cc1n[nH]c(C(=O)Nc2cnc3[nH]c(-c4cncc(C#N)c4)cc3c2)c1C. The first-order chi connectivity index (χ1) is 13.0. The number of aryl methyl sites for hydroxylation is 1. The number of nitriles is 1. The van der Waals surface area contributed by atoms with Crippen molar-refractivity contribution >= 4 is 22.6 Å². The van der Waals surface area contributed by atoms with Crippen LogP contribution in [0.4, 0.5) is 5.69 Å². The second kappa shape index (κ2) is 6.38. The van der Waals surface area contributed by atoms with Crippen molar-refractivity contribution in [3.63, 3.8) is 0 Å². The zero-order chi connectivity index (χ0) is 19.0. The van der Waals surface area contributed by atoms with Crippen LogP contribution in [0.15, 0.2) is 36.8 Å². The fraction of sp³-hybridized carbons (Fsp3) is 0.105. The Hall–Kier alpha value is -3.99. The predicted octanol–water partition coefficient (Wildman–Crippen LogP) is 3.09. The number of fused-ring (bicyclic) bond motifs is 1. The van der Waals surface area contributed by atoms with E-state index in [1.165, 1.54) is 6.20 Å². The van der Waals surface area contributed by atoms with Crippen molar-refractivity contribution in [3.05, 3.63) is 59.3 Å². The van der Waals surface area contributed by atoms with E-state index in [0.29, 0.717) is 22.6 Å². The molecule has 0 bridgehead atoms. The number of hydrogen-bond donors (Lipinski definition) is 3. The lowest BCUT2D eigenvalue weighted by atomic mass is 10.1. The zero-order valence-electron chi connectivity index (χ0n) is 14.7. The summed E-state index contributed by atoms with van der Waals surface area (Å²) in [7, 11) is 0. The number of nitrogens with one attached hydrogen (secondary N) is 3. The second-order valence-electron chi connectivity index (χ2n) is 6.18. The Morgan fingerprint density at radius 3 is 2.78 bits per heavy atom. The van der Waals surface area contributed by atoms with E-state index in [1.54, 1.807) is 18.5 Å². The smallest absolute Gasteiger partial charge is 0.273 e. The van der Waals surface area contributed by atoms with Gasteiger partial charge in [0.05, 0.1) is 23.1 Å². The van der Waals surface area contributed by atoms with Gasteiger partial charge in [0.2, 0.25) is 0 Å². The summed E-state index contributed by atoms with van der Waals surface area (Å²) >= 11 is 0. The Bertz CT molecular complexity index is 1210. The van der Waals surface area contributed by atoms with Crippen molar-refractivity contribution in [2.75, 3.05) is 5.32 Å². The largest absolute Gasteiger partial charge is 0.339 e. The molecule has 0 unspecified atom stereocenters. The first-order valence-electron chi connectivity index (χ1n) is 8.22. The van der Waals surface area contributed by atoms with Crippen molar-refractivity contribution in [3.8, 4) is 17.3 Å². The molecular weight excluding hydrogens is 342 g/mol. The van der Waals surface area contributed by atoms with E-state index < -0.39 is 0 Å². The summed E-state index contributed by atoms with van der Waals surface area (Å²) in [5.41, 5.74) is 5.37. The minimum Gasteiger partial charge on any atom is -0.339 e. The van der Waals surface area contributed by atoms with Crippen LogP contribution in [0.5, 0.6) is 0 Å². The van der Waals surface area contributed by atoms with Crippen molar-refractivity contribution in [1.82, 2.24) is 25.1 Å². The maximum absolute atomic E-state index is 12.4. The maximum atomic E-state index is 12.4. The standard InChI is InChI=1S/C19H15N7O/c1-10-11(2)25-26-17(10)19(27)23-15-4-13-5-16(24-18(13)22-9-15)14-3-12(6-20)7-21-8-14/h3-5,7-9H,1-2H3,(H,22,24)(H,23,27)(H,25,26). The molecule has 0 aliphatic rings. The van der Waals surface area contributed by atoms with Crippen molar-refractivity contribution in [2.45, 2.75) is 13.8 Å². The number of rotatable bonds is 3. The highest BCUT2D eigenvalue weighted by Gasteiger charge is 2.14. The van der Waals surface area contributed by atoms with Crippen LogP contribution >= 0.6 is 0 Å². The molecule has 3 N–H and O–H groups in total. The maximum Gasteiger partial charge on any atom is 0.273 e. The summed E-state index contributed by atoms with van der Waals surface area (Å²) in [4.78, 5) is 24.1. The van der Waals surface area contributed by atoms with E-state index in [4.69, 9.17) is 5.26 Å². The molecule has 1 amide bonds. The lowest BCUT2D eigenvalue weighted by Crippen LogP contribution is -2.13. The van der Waals surface area contributed by atoms with Gasteiger partial charge in [0.25, 0.3) is 5.91 Å². The molecule has 0 atom stereocenters. The number of aromatic amines is 2. The summed E-state index contributed by atoms with van der Waals surface area (Å²) in [5, 5.41) is 19.5. The molecule has 0 spiro atoms. The highest BCUT2D eigenvalue weighted by atomic mass is 16.1. The summed E-state index contributed by atoms with van der Waals surface area (Å²) in [6.07, 6.45) is 4.78. The van der Waals surface area contributed by atoms with Crippen LogP contribution in [0.25, 0.3) is 22.3 Å². The molecule has 0 fully saturated rings. The van der Waals surface area contributed by atoms with Crippen LogP contribution < -0.4 is 5.32 Å². The van der Waals surface area contributed by atoms with E-state index in [-0.39, 0.29) is 5.91 Å². The second-order valence-corrected chi connectivity index (χ2v) is 6.18. The zero-order valence-corrected chi connectivity index (χ0v) is 14.7. The van der Waals surface area contributed by atoms with Gasteiger partial charge in [0.1, 0.15) is 17.4 Å². The van der Waals surface area contributed by atoms with E-state index in [0.717, 1.165) is 27.9 Å². The number of nitrogens with zero attached hydrogens (tertiary/aromatic N) is 4. The Balaban J connectivity index is 1.64. The Kier molecular flexibility index (Phi) is 3.90. The van der Waals surface area contributed by atoms with E-state index in [9.17, 15) is 4.79 Å². The van der Waals surface area contributed by atoms with Crippen molar-refractivity contribution in [1.29, 1.82) is 5.26 Å².